The summed E-state index contributed by atoms with van der Waals surface area (Å²) in [5, 5.41) is 3.68. The summed E-state index contributed by atoms with van der Waals surface area (Å²) in [7, 11) is 0. The van der Waals surface area contributed by atoms with Crippen LogP contribution in [-0.4, -0.2) is 30.6 Å². The van der Waals surface area contributed by atoms with Gasteiger partial charge in [-0.15, -0.1) is 0 Å². The molecule has 0 amide bonds. The van der Waals surface area contributed by atoms with Crippen LogP contribution in [0.3, 0.4) is 0 Å². The molecule has 2 aliphatic carbocycles. The largest absolute Gasteiger partial charge is 0.311 e. The van der Waals surface area contributed by atoms with Gasteiger partial charge in [-0.05, 0) is 55.9 Å². The lowest BCUT2D eigenvalue weighted by Crippen LogP contribution is -2.52. The first-order chi connectivity index (χ1) is 10.3. The summed E-state index contributed by atoms with van der Waals surface area (Å²) < 4.78 is 0. The average Bonchev–Trinajstić information content (AvgIpc) is 3.39. The Balaban J connectivity index is 1.51. The van der Waals surface area contributed by atoms with E-state index in [9.17, 15) is 0 Å². The Morgan fingerprint density at radius 3 is 2.38 bits per heavy atom. The highest BCUT2D eigenvalue weighted by Gasteiger charge is 2.43. The molecule has 1 aromatic rings. The van der Waals surface area contributed by atoms with Gasteiger partial charge in [0.25, 0.3) is 0 Å². The molecule has 0 spiro atoms. The van der Waals surface area contributed by atoms with Crippen LogP contribution in [0.4, 0.5) is 0 Å². The van der Waals surface area contributed by atoms with Crippen molar-refractivity contribution in [3.05, 3.63) is 35.9 Å². The second kappa shape index (κ2) is 5.73. The van der Waals surface area contributed by atoms with Gasteiger partial charge in [0, 0.05) is 31.7 Å². The lowest BCUT2D eigenvalue weighted by Gasteiger charge is -2.41. The maximum atomic E-state index is 3.68. The molecular formula is C19H28N2. The smallest absolute Gasteiger partial charge is 0.0473 e. The molecule has 2 heteroatoms. The first kappa shape index (κ1) is 13.8. The van der Waals surface area contributed by atoms with Crippen molar-refractivity contribution in [1.29, 1.82) is 0 Å². The van der Waals surface area contributed by atoms with Gasteiger partial charge >= 0.3 is 0 Å². The van der Waals surface area contributed by atoms with E-state index in [4.69, 9.17) is 0 Å². The lowest BCUT2D eigenvalue weighted by atomic mass is 9.94. The van der Waals surface area contributed by atoms with Crippen LogP contribution in [0.5, 0.6) is 0 Å². The number of benzene rings is 1. The predicted molar refractivity (Wildman–Crippen MR) is 87.2 cm³/mol. The summed E-state index contributed by atoms with van der Waals surface area (Å²) >= 11 is 0. The summed E-state index contributed by atoms with van der Waals surface area (Å²) in [6, 6.07) is 12.3. The van der Waals surface area contributed by atoms with E-state index in [1.165, 1.54) is 44.3 Å². The van der Waals surface area contributed by atoms with E-state index in [1.807, 2.05) is 0 Å². The molecule has 2 unspecified atom stereocenters. The minimum absolute atomic E-state index is 0.572. The molecule has 1 N–H and O–H groups in total. The topological polar surface area (TPSA) is 15.3 Å². The van der Waals surface area contributed by atoms with Gasteiger partial charge < -0.3 is 5.32 Å². The molecule has 0 bridgehead atoms. The van der Waals surface area contributed by atoms with Gasteiger partial charge in [-0.1, -0.05) is 30.3 Å². The standard InChI is InChI=1S/C19H28N2/c1-14-12-21(13-18(15-7-8-15)16-9-10-16)19(11-20-14)17-5-3-2-4-6-17/h2-6,14-16,18-20H,7-13H2,1H3. The third kappa shape index (κ3) is 3.17. The summed E-state index contributed by atoms with van der Waals surface area (Å²) in [5.74, 6) is 3.10. The second-order valence-electron chi connectivity index (χ2n) is 7.53. The van der Waals surface area contributed by atoms with Crippen molar-refractivity contribution < 1.29 is 0 Å². The van der Waals surface area contributed by atoms with Crippen molar-refractivity contribution in [1.82, 2.24) is 10.2 Å². The molecule has 3 aliphatic rings. The number of hydrogen-bond donors (Lipinski definition) is 1. The SMILES string of the molecule is CC1CN(CC(C2CC2)C2CC2)C(c2ccccc2)CN1. The van der Waals surface area contributed by atoms with E-state index in [0.29, 0.717) is 12.1 Å². The molecule has 21 heavy (non-hydrogen) atoms. The third-order valence-electron chi connectivity index (χ3n) is 5.69. The fourth-order valence-corrected chi connectivity index (χ4v) is 4.19. The third-order valence-corrected chi connectivity index (χ3v) is 5.69. The van der Waals surface area contributed by atoms with Crippen molar-refractivity contribution in [3.63, 3.8) is 0 Å². The monoisotopic (exact) mass is 284 g/mol. The molecular weight excluding hydrogens is 256 g/mol. The summed E-state index contributed by atoms with van der Waals surface area (Å²) in [6.07, 6.45) is 6.00. The van der Waals surface area contributed by atoms with E-state index in [2.05, 4.69) is 47.5 Å². The van der Waals surface area contributed by atoms with Gasteiger partial charge in [-0.3, -0.25) is 4.90 Å². The first-order valence-corrected chi connectivity index (χ1v) is 8.83. The van der Waals surface area contributed by atoms with Gasteiger partial charge in [0.2, 0.25) is 0 Å². The van der Waals surface area contributed by atoms with Crippen LogP contribution in [0.15, 0.2) is 30.3 Å². The highest BCUT2D eigenvalue weighted by atomic mass is 15.2. The van der Waals surface area contributed by atoms with Gasteiger partial charge in [-0.25, -0.2) is 0 Å². The van der Waals surface area contributed by atoms with Gasteiger partial charge in [0.05, 0.1) is 0 Å². The number of nitrogens with one attached hydrogen (secondary N) is 1. The molecule has 4 rings (SSSR count). The Morgan fingerprint density at radius 1 is 1.10 bits per heavy atom. The molecule has 1 aromatic carbocycles. The van der Waals surface area contributed by atoms with E-state index >= 15 is 0 Å². The molecule has 2 atom stereocenters. The Morgan fingerprint density at radius 2 is 1.76 bits per heavy atom. The molecule has 3 fully saturated rings. The second-order valence-corrected chi connectivity index (χ2v) is 7.53. The molecule has 1 aliphatic heterocycles. The molecule has 0 aromatic heterocycles. The fourth-order valence-electron chi connectivity index (χ4n) is 4.19. The van der Waals surface area contributed by atoms with Crippen LogP contribution in [0.2, 0.25) is 0 Å². The van der Waals surface area contributed by atoms with Crippen molar-refractivity contribution >= 4 is 0 Å². The summed E-state index contributed by atoms with van der Waals surface area (Å²) in [5.41, 5.74) is 1.49. The van der Waals surface area contributed by atoms with E-state index in [0.717, 1.165) is 24.3 Å². The Hall–Kier alpha value is -0.860. The maximum absolute atomic E-state index is 3.68. The number of piperazine rings is 1. The Bertz CT molecular complexity index is 452. The zero-order valence-corrected chi connectivity index (χ0v) is 13.2. The average molecular weight is 284 g/mol. The number of nitrogens with zero attached hydrogens (tertiary/aromatic N) is 1. The van der Waals surface area contributed by atoms with Crippen LogP contribution in [0.25, 0.3) is 0 Å². The van der Waals surface area contributed by atoms with Crippen LogP contribution >= 0.6 is 0 Å². The normalized spacial score (nSPS) is 30.8. The Kier molecular flexibility index (Phi) is 3.76. The summed E-state index contributed by atoms with van der Waals surface area (Å²) in [4.78, 5) is 2.79. The maximum Gasteiger partial charge on any atom is 0.0473 e. The molecule has 114 valence electrons. The zero-order valence-electron chi connectivity index (χ0n) is 13.2. The minimum Gasteiger partial charge on any atom is -0.311 e. The van der Waals surface area contributed by atoms with Crippen LogP contribution in [-0.2, 0) is 0 Å². The van der Waals surface area contributed by atoms with Gasteiger partial charge in [0.1, 0.15) is 0 Å². The predicted octanol–water partition coefficient (Wildman–Crippen LogP) is 3.46. The molecule has 1 saturated heterocycles. The van der Waals surface area contributed by atoms with E-state index < -0.39 is 0 Å². The van der Waals surface area contributed by atoms with Gasteiger partial charge in [-0.2, -0.15) is 0 Å². The zero-order chi connectivity index (χ0) is 14.2. The number of rotatable bonds is 5. The lowest BCUT2D eigenvalue weighted by molar-refractivity contribution is 0.102. The van der Waals surface area contributed by atoms with Crippen LogP contribution < -0.4 is 5.32 Å². The molecule has 2 saturated carbocycles. The highest BCUT2D eigenvalue weighted by Crippen LogP contribution is 2.50. The molecule has 2 nitrogen and oxygen atoms in total. The van der Waals surface area contributed by atoms with E-state index in [-0.39, 0.29) is 0 Å². The quantitative estimate of drug-likeness (QED) is 0.891. The molecule has 0 radical (unpaired) electrons. The number of hydrogen-bond acceptors (Lipinski definition) is 2. The van der Waals surface area contributed by atoms with Crippen LogP contribution in [0.1, 0.15) is 44.2 Å². The van der Waals surface area contributed by atoms with E-state index in [1.54, 1.807) is 0 Å². The van der Waals surface area contributed by atoms with Crippen molar-refractivity contribution in [2.24, 2.45) is 17.8 Å². The van der Waals surface area contributed by atoms with Crippen molar-refractivity contribution in [2.45, 2.75) is 44.7 Å². The Labute approximate surface area is 128 Å². The minimum atomic E-state index is 0.572. The van der Waals surface area contributed by atoms with Crippen molar-refractivity contribution in [2.75, 3.05) is 19.6 Å². The first-order valence-electron chi connectivity index (χ1n) is 8.83. The van der Waals surface area contributed by atoms with Crippen molar-refractivity contribution in [3.8, 4) is 0 Å². The summed E-state index contributed by atoms with van der Waals surface area (Å²) in [6.45, 7) is 5.97. The molecule has 1 heterocycles. The van der Waals surface area contributed by atoms with Crippen LogP contribution in [0, 0.1) is 17.8 Å². The highest BCUT2D eigenvalue weighted by molar-refractivity contribution is 5.20. The fraction of sp³-hybridized carbons (Fsp3) is 0.684. The van der Waals surface area contributed by atoms with Gasteiger partial charge in [0.15, 0.2) is 0 Å².